The van der Waals surface area contributed by atoms with Gasteiger partial charge in [-0.1, -0.05) is 0 Å². The van der Waals surface area contributed by atoms with E-state index < -0.39 is 17.1 Å². The molecule has 0 spiro atoms. The van der Waals surface area contributed by atoms with Gasteiger partial charge in [0.15, 0.2) is 0 Å². The van der Waals surface area contributed by atoms with Crippen LogP contribution in [-0.4, -0.2) is 9.13 Å². The van der Waals surface area contributed by atoms with Crippen LogP contribution < -0.4 is 67.7 Å². The van der Waals surface area contributed by atoms with Crippen molar-refractivity contribution in [3.63, 3.8) is 0 Å². The average Bonchev–Trinajstić information content (AvgIpc) is 2.08. The molecule has 0 saturated heterocycles. The van der Waals surface area contributed by atoms with E-state index in [4.69, 9.17) is 0 Å². The molecule has 66 valence electrons. The van der Waals surface area contributed by atoms with Gasteiger partial charge in [-0.05, 0) is 12.8 Å². The summed E-state index contributed by atoms with van der Waals surface area (Å²) in [5.74, 6) is -0.525. The number of nitrogens with zero attached hydrogens (tertiary/aromatic N) is 2. The van der Waals surface area contributed by atoms with Crippen LogP contribution in [0.3, 0.4) is 0 Å². The zero-order chi connectivity index (χ0) is 9.46. The maximum absolute atomic E-state index is 11.1. The van der Waals surface area contributed by atoms with Gasteiger partial charge in [0.25, 0.3) is 5.56 Å². The largest absolute Gasteiger partial charge is 1.00 e. The van der Waals surface area contributed by atoms with Gasteiger partial charge in [0, 0.05) is 19.7 Å². The molecule has 1 aromatic rings. The molecule has 0 unspecified atom stereocenters. The first-order valence-electron chi connectivity index (χ1n) is 3.40. The van der Waals surface area contributed by atoms with Crippen molar-refractivity contribution in [2.75, 3.05) is 0 Å². The average molecular weight is 208 g/mol. The third-order valence-electron chi connectivity index (χ3n) is 1.82. The van der Waals surface area contributed by atoms with E-state index in [1.54, 1.807) is 0 Å². The van der Waals surface area contributed by atoms with E-state index in [0.717, 1.165) is 9.13 Å². The van der Waals surface area contributed by atoms with E-state index in [9.17, 15) is 14.7 Å². The molecule has 0 fully saturated rings. The molecule has 1 heterocycles. The molecule has 0 radical (unpaired) electrons. The Morgan fingerprint density at radius 3 is 2.08 bits per heavy atom. The molecule has 13 heavy (non-hydrogen) atoms. The summed E-state index contributed by atoms with van der Waals surface area (Å²) in [6.45, 7) is 1.41. The second-order valence-corrected chi connectivity index (χ2v) is 2.64. The SMILES string of the molecule is Cc1c([O-])n(C)c(=O)n(C)c1=O.[K+]. The van der Waals surface area contributed by atoms with Crippen LogP contribution in [0.25, 0.3) is 0 Å². The molecule has 0 saturated carbocycles. The molecule has 1 aromatic heterocycles. The van der Waals surface area contributed by atoms with Crippen molar-refractivity contribution >= 4 is 0 Å². The fraction of sp³-hybridized carbons (Fsp3) is 0.429. The smallest absolute Gasteiger partial charge is 0.860 e. The van der Waals surface area contributed by atoms with E-state index >= 15 is 0 Å². The van der Waals surface area contributed by atoms with Crippen molar-refractivity contribution in [1.29, 1.82) is 0 Å². The standard InChI is InChI=1S/C7H10N2O3.K/c1-4-5(10)8(2)7(12)9(3)6(4)11;/h10H,1-3H3;/q;+1/p-1. The van der Waals surface area contributed by atoms with Gasteiger partial charge in [-0.2, -0.15) is 0 Å². The molecule has 1 rings (SSSR count). The van der Waals surface area contributed by atoms with Crippen LogP contribution in [0.15, 0.2) is 9.59 Å². The molecule has 6 heteroatoms. The molecule has 0 aliphatic rings. The summed E-state index contributed by atoms with van der Waals surface area (Å²) in [6.07, 6.45) is 0. The first kappa shape index (κ1) is 13.1. The summed E-state index contributed by atoms with van der Waals surface area (Å²) in [4.78, 5) is 22.2. The fourth-order valence-electron chi connectivity index (χ4n) is 0.993. The summed E-state index contributed by atoms with van der Waals surface area (Å²) in [5, 5.41) is 11.1. The summed E-state index contributed by atoms with van der Waals surface area (Å²) in [5.41, 5.74) is -1.04. The van der Waals surface area contributed by atoms with E-state index in [0.29, 0.717) is 0 Å². The first-order chi connectivity index (χ1) is 5.46. The van der Waals surface area contributed by atoms with Crippen molar-refractivity contribution < 1.29 is 56.5 Å². The Morgan fingerprint density at radius 2 is 1.62 bits per heavy atom. The van der Waals surface area contributed by atoms with Gasteiger partial charge in [0.2, 0.25) is 0 Å². The molecule has 0 N–H and O–H groups in total. The zero-order valence-electron chi connectivity index (χ0n) is 8.12. The number of rotatable bonds is 0. The Hall–Kier alpha value is 0.116. The molecule has 0 aliphatic heterocycles. The molecule has 0 atom stereocenters. The van der Waals surface area contributed by atoms with E-state index in [1.165, 1.54) is 21.0 Å². The maximum Gasteiger partial charge on any atom is 1.00 e. The van der Waals surface area contributed by atoms with Crippen molar-refractivity contribution in [1.82, 2.24) is 9.13 Å². The van der Waals surface area contributed by atoms with Crippen molar-refractivity contribution in [2.24, 2.45) is 14.1 Å². The van der Waals surface area contributed by atoms with Crippen molar-refractivity contribution in [3.8, 4) is 5.88 Å². The normalized spacial score (nSPS) is 9.46. The Bertz CT molecular complexity index is 395. The quantitative estimate of drug-likeness (QED) is 0.403. The van der Waals surface area contributed by atoms with Gasteiger partial charge in [0.05, 0.1) is 0 Å². The molecule has 0 amide bonds. The van der Waals surface area contributed by atoms with Crippen LogP contribution in [0.1, 0.15) is 5.56 Å². The molecule has 0 bridgehead atoms. The minimum atomic E-state index is -0.587. The van der Waals surface area contributed by atoms with Crippen LogP contribution in [-0.2, 0) is 14.1 Å². The monoisotopic (exact) mass is 208 g/mol. The topological polar surface area (TPSA) is 67.1 Å². The minimum Gasteiger partial charge on any atom is -0.860 e. The molecule has 5 nitrogen and oxygen atoms in total. The van der Waals surface area contributed by atoms with Gasteiger partial charge >= 0.3 is 57.1 Å². The Labute approximate surface area is 117 Å². The van der Waals surface area contributed by atoms with E-state index in [-0.39, 0.29) is 56.9 Å². The third-order valence-corrected chi connectivity index (χ3v) is 1.82. The zero-order valence-corrected chi connectivity index (χ0v) is 11.2. The molecule has 0 aliphatic carbocycles. The number of hydrogen-bond acceptors (Lipinski definition) is 3. The predicted molar refractivity (Wildman–Crippen MR) is 41.1 cm³/mol. The summed E-state index contributed by atoms with van der Waals surface area (Å²) in [7, 11) is 2.69. The van der Waals surface area contributed by atoms with Crippen molar-refractivity contribution in [3.05, 3.63) is 26.4 Å². The Morgan fingerprint density at radius 1 is 1.15 bits per heavy atom. The van der Waals surface area contributed by atoms with Gasteiger partial charge in [-0.25, -0.2) is 4.79 Å². The van der Waals surface area contributed by atoms with Gasteiger partial charge in [0.1, 0.15) is 0 Å². The first-order valence-corrected chi connectivity index (χ1v) is 3.40. The van der Waals surface area contributed by atoms with Gasteiger partial charge < -0.3 is 9.67 Å². The second-order valence-electron chi connectivity index (χ2n) is 2.64. The molecular weight excluding hydrogens is 199 g/mol. The van der Waals surface area contributed by atoms with E-state index in [1.807, 2.05) is 0 Å². The fourth-order valence-corrected chi connectivity index (χ4v) is 0.993. The Balaban J connectivity index is 0.00000144. The summed E-state index contributed by atoms with van der Waals surface area (Å²) < 4.78 is 1.83. The molecule has 0 aromatic carbocycles. The van der Waals surface area contributed by atoms with Crippen LogP contribution in [0, 0.1) is 6.92 Å². The second kappa shape index (κ2) is 4.56. The van der Waals surface area contributed by atoms with Crippen LogP contribution in [0.5, 0.6) is 5.88 Å². The van der Waals surface area contributed by atoms with Gasteiger partial charge in [-0.3, -0.25) is 9.36 Å². The van der Waals surface area contributed by atoms with Gasteiger partial charge in [-0.15, -0.1) is 0 Å². The number of aromatic nitrogens is 2. The van der Waals surface area contributed by atoms with Crippen LogP contribution in [0.4, 0.5) is 0 Å². The van der Waals surface area contributed by atoms with Crippen LogP contribution in [0.2, 0.25) is 0 Å². The van der Waals surface area contributed by atoms with Crippen molar-refractivity contribution in [2.45, 2.75) is 6.92 Å². The Kier molecular flexibility index (Phi) is 4.60. The van der Waals surface area contributed by atoms with Crippen LogP contribution >= 0.6 is 0 Å². The van der Waals surface area contributed by atoms with E-state index in [2.05, 4.69) is 0 Å². The summed E-state index contributed by atoms with van der Waals surface area (Å²) in [6, 6.07) is 0. The third kappa shape index (κ3) is 2.13. The molecular formula is C7H9KN2O3. The summed E-state index contributed by atoms with van der Waals surface area (Å²) >= 11 is 0. The maximum atomic E-state index is 11.1. The number of hydrogen-bond donors (Lipinski definition) is 0. The minimum absolute atomic E-state index is 0. The predicted octanol–water partition coefficient (Wildman–Crippen LogP) is -4.53.